The second kappa shape index (κ2) is 8.27. The molecule has 0 aromatic heterocycles. The molecule has 2 saturated carbocycles. The standard InChI is InChI=1S/C26H30FNO3/c27-24-19(15-28-16-20(17-28)25(29)30)3-1-4-23(24)18-5-7-21(8-6-18)31-22-9-13-26(14-10-22)11-2-12-26/h1,3-8,20,22H,2,9-17H2,(H,29,30). The minimum Gasteiger partial charge on any atom is -0.490 e. The maximum atomic E-state index is 15.1. The Balaban J connectivity index is 1.21. The molecule has 0 atom stereocenters. The van der Waals surface area contributed by atoms with Crippen molar-refractivity contribution in [3.8, 4) is 16.9 Å². The fourth-order valence-corrected chi connectivity index (χ4v) is 5.42. The summed E-state index contributed by atoms with van der Waals surface area (Å²) in [7, 11) is 0. The monoisotopic (exact) mass is 423 g/mol. The number of benzene rings is 2. The van der Waals surface area contributed by atoms with E-state index in [-0.39, 0.29) is 11.7 Å². The number of likely N-dealkylation sites (tertiary alicyclic amines) is 1. The van der Waals surface area contributed by atoms with Gasteiger partial charge in [-0.15, -0.1) is 0 Å². The van der Waals surface area contributed by atoms with Gasteiger partial charge in [-0.05, 0) is 61.6 Å². The Morgan fingerprint density at radius 3 is 2.39 bits per heavy atom. The maximum Gasteiger partial charge on any atom is 0.309 e. The Morgan fingerprint density at radius 2 is 1.77 bits per heavy atom. The van der Waals surface area contributed by atoms with Gasteiger partial charge in [0, 0.05) is 30.8 Å². The zero-order valence-electron chi connectivity index (χ0n) is 17.9. The summed E-state index contributed by atoms with van der Waals surface area (Å²) in [5.74, 6) is -0.478. The Kier molecular flexibility index (Phi) is 5.47. The van der Waals surface area contributed by atoms with Crippen molar-refractivity contribution in [1.29, 1.82) is 0 Å². The molecule has 0 bridgehead atoms. The van der Waals surface area contributed by atoms with Gasteiger partial charge in [-0.25, -0.2) is 4.39 Å². The summed E-state index contributed by atoms with van der Waals surface area (Å²) >= 11 is 0. The van der Waals surface area contributed by atoms with Crippen LogP contribution in [-0.2, 0) is 11.3 Å². The first-order valence-corrected chi connectivity index (χ1v) is 11.5. The van der Waals surface area contributed by atoms with Crippen molar-refractivity contribution in [2.45, 2.75) is 57.6 Å². The van der Waals surface area contributed by atoms with Gasteiger partial charge in [0.25, 0.3) is 0 Å². The van der Waals surface area contributed by atoms with Gasteiger partial charge in [0.15, 0.2) is 0 Å². The molecule has 0 amide bonds. The van der Waals surface area contributed by atoms with Gasteiger partial charge < -0.3 is 9.84 Å². The van der Waals surface area contributed by atoms with Crippen molar-refractivity contribution in [3.05, 3.63) is 53.8 Å². The Morgan fingerprint density at radius 1 is 1.06 bits per heavy atom. The number of aliphatic carboxylic acids is 1. The van der Waals surface area contributed by atoms with Crippen LogP contribution in [0, 0.1) is 17.2 Å². The number of hydrogen-bond donors (Lipinski definition) is 1. The molecule has 1 aliphatic heterocycles. The van der Waals surface area contributed by atoms with E-state index in [1.807, 2.05) is 35.2 Å². The highest BCUT2D eigenvalue weighted by Crippen LogP contribution is 2.51. The van der Waals surface area contributed by atoms with Crippen LogP contribution in [0.1, 0.15) is 50.5 Å². The molecule has 2 aromatic rings. The topological polar surface area (TPSA) is 49.8 Å². The van der Waals surface area contributed by atoms with Gasteiger partial charge in [0.05, 0.1) is 12.0 Å². The maximum absolute atomic E-state index is 15.1. The van der Waals surface area contributed by atoms with E-state index in [4.69, 9.17) is 9.84 Å². The molecule has 2 aliphatic carbocycles. The van der Waals surface area contributed by atoms with Crippen molar-refractivity contribution >= 4 is 5.97 Å². The summed E-state index contributed by atoms with van der Waals surface area (Å²) in [6.07, 6.45) is 9.34. The summed E-state index contributed by atoms with van der Waals surface area (Å²) in [5, 5.41) is 9.02. The summed E-state index contributed by atoms with van der Waals surface area (Å²) in [6, 6.07) is 13.2. The molecule has 2 aromatic carbocycles. The number of carboxylic acid groups (broad SMARTS) is 1. The average molecular weight is 424 g/mol. The number of rotatable bonds is 6. The molecule has 1 spiro atoms. The molecule has 0 radical (unpaired) electrons. The molecular weight excluding hydrogens is 393 g/mol. The van der Waals surface area contributed by atoms with E-state index in [0.29, 0.717) is 42.3 Å². The van der Waals surface area contributed by atoms with Crippen molar-refractivity contribution in [1.82, 2.24) is 4.90 Å². The summed E-state index contributed by atoms with van der Waals surface area (Å²) in [5.41, 5.74) is 2.64. The first-order chi connectivity index (χ1) is 15.0. The van der Waals surface area contributed by atoms with E-state index < -0.39 is 5.97 Å². The molecule has 3 fully saturated rings. The van der Waals surface area contributed by atoms with Crippen LogP contribution in [0.3, 0.4) is 0 Å². The number of carboxylic acids is 1. The van der Waals surface area contributed by atoms with Crippen LogP contribution in [0.2, 0.25) is 0 Å². The van der Waals surface area contributed by atoms with Gasteiger partial charge in [0.1, 0.15) is 11.6 Å². The largest absolute Gasteiger partial charge is 0.490 e. The van der Waals surface area contributed by atoms with Gasteiger partial charge in [-0.2, -0.15) is 0 Å². The van der Waals surface area contributed by atoms with E-state index in [2.05, 4.69) is 0 Å². The number of hydrogen-bond acceptors (Lipinski definition) is 3. The molecule has 5 heteroatoms. The normalized spacial score (nSPS) is 21.5. The third kappa shape index (κ3) is 4.20. The van der Waals surface area contributed by atoms with Crippen LogP contribution >= 0.6 is 0 Å². The first kappa shape index (κ1) is 20.5. The predicted molar refractivity (Wildman–Crippen MR) is 117 cm³/mol. The SMILES string of the molecule is O=C(O)C1CN(Cc2cccc(-c3ccc(OC4CCC5(CCC5)CC4)cc3)c2F)C1. The minimum absolute atomic E-state index is 0.229. The molecule has 3 aliphatic rings. The lowest BCUT2D eigenvalue weighted by atomic mass is 9.60. The molecule has 4 nitrogen and oxygen atoms in total. The van der Waals surface area contributed by atoms with Crippen LogP contribution in [-0.4, -0.2) is 35.2 Å². The average Bonchev–Trinajstić information content (AvgIpc) is 2.71. The van der Waals surface area contributed by atoms with Crippen LogP contribution < -0.4 is 4.74 Å². The third-order valence-electron chi connectivity index (χ3n) is 7.65. The first-order valence-electron chi connectivity index (χ1n) is 11.5. The second-order valence-corrected chi connectivity index (χ2v) is 9.70. The van der Waals surface area contributed by atoms with E-state index in [0.717, 1.165) is 24.2 Å². The molecule has 1 N–H and O–H groups in total. The van der Waals surface area contributed by atoms with E-state index in [1.54, 1.807) is 12.1 Å². The number of nitrogens with zero attached hydrogens (tertiary/aromatic N) is 1. The van der Waals surface area contributed by atoms with Gasteiger partial charge in [0.2, 0.25) is 0 Å². The highest BCUT2D eigenvalue weighted by molar-refractivity contribution is 5.71. The van der Waals surface area contributed by atoms with Crippen LogP contribution in [0.5, 0.6) is 5.75 Å². The fraction of sp³-hybridized carbons (Fsp3) is 0.500. The number of ether oxygens (including phenoxy) is 1. The summed E-state index contributed by atoms with van der Waals surface area (Å²) < 4.78 is 21.4. The molecule has 1 heterocycles. The van der Waals surface area contributed by atoms with Crippen molar-refractivity contribution in [3.63, 3.8) is 0 Å². The lowest BCUT2D eigenvalue weighted by Crippen LogP contribution is -2.49. The Labute approximate surface area is 183 Å². The van der Waals surface area contributed by atoms with Crippen LogP contribution in [0.15, 0.2) is 42.5 Å². The Bertz CT molecular complexity index is 938. The third-order valence-corrected chi connectivity index (χ3v) is 7.65. The highest BCUT2D eigenvalue weighted by atomic mass is 19.1. The van der Waals surface area contributed by atoms with Crippen LogP contribution in [0.25, 0.3) is 11.1 Å². The number of carbonyl (C=O) groups is 1. The van der Waals surface area contributed by atoms with E-state index in [1.165, 1.54) is 32.1 Å². The predicted octanol–water partition coefficient (Wildman–Crippen LogP) is 5.50. The molecular formula is C26H30FNO3. The van der Waals surface area contributed by atoms with E-state index in [9.17, 15) is 4.79 Å². The highest BCUT2D eigenvalue weighted by Gasteiger charge is 2.40. The van der Waals surface area contributed by atoms with Gasteiger partial charge >= 0.3 is 5.97 Å². The lowest BCUT2D eigenvalue weighted by Gasteiger charge is -2.46. The quantitative estimate of drug-likeness (QED) is 0.666. The van der Waals surface area contributed by atoms with Crippen molar-refractivity contribution in [2.24, 2.45) is 11.3 Å². The molecule has 5 rings (SSSR count). The summed E-state index contributed by atoms with van der Waals surface area (Å²) in [6.45, 7) is 1.40. The van der Waals surface area contributed by atoms with Crippen molar-refractivity contribution in [2.75, 3.05) is 13.1 Å². The Hall–Kier alpha value is -2.40. The van der Waals surface area contributed by atoms with E-state index >= 15 is 4.39 Å². The zero-order valence-corrected chi connectivity index (χ0v) is 17.9. The zero-order chi connectivity index (χ0) is 21.4. The molecule has 164 valence electrons. The molecule has 1 saturated heterocycles. The van der Waals surface area contributed by atoms with Crippen molar-refractivity contribution < 1.29 is 19.0 Å². The molecule has 0 unspecified atom stereocenters. The number of halogens is 1. The molecule has 31 heavy (non-hydrogen) atoms. The van der Waals surface area contributed by atoms with Gasteiger partial charge in [-0.3, -0.25) is 9.69 Å². The smallest absolute Gasteiger partial charge is 0.309 e. The minimum atomic E-state index is -0.774. The lowest BCUT2D eigenvalue weighted by molar-refractivity contribution is -0.147. The van der Waals surface area contributed by atoms with Crippen LogP contribution in [0.4, 0.5) is 4.39 Å². The van der Waals surface area contributed by atoms with Gasteiger partial charge in [-0.1, -0.05) is 36.8 Å². The summed E-state index contributed by atoms with van der Waals surface area (Å²) in [4.78, 5) is 12.9. The fourth-order valence-electron chi connectivity index (χ4n) is 5.42. The second-order valence-electron chi connectivity index (χ2n) is 9.70.